The molecule has 1 aromatic heterocycles. The van der Waals surface area contributed by atoms with Gasteiger partial charge in [0.25, 0.3) is 0 Å². The molecule has 0 unspecified atom stereocenters. The third kappa shape index (κ3) is 2.34. The average molecular weight is 311 g/mol. The van der Waals surface area contributed by atoms with E-state index in [-0.39, 0.29) is 0 Å². The molecule has 1 aliphatic rings. The number of rotatable bonds is 1. The lowest BCUT2D eigenvalue weighted by Gasteiger charge is -2.17. The Hall–Kier alpha value is -1.45. The summed E-state index contributed by atoms with van der Waals surface area (Å²) in [6.07, 6.45) is 1.17. The van der Waals surface area contributed by atoms with Crippen molar-refractivity contribution in [2.45, 2.75) is 24.3 Å². The van der Waals surface area contributed by atoms with Gasteiger partial charge in [-0.15, -0.1) is 23.1 Å². The van der Waals surface area contributed by atoms with Crippen LogP contribution >= 0.6 is 23.1 Å². The second-order valence-corrected chi connectivity index (χ2v) is 7.64. The molecule has 3 aromatic rings. The lowest BCUT2D eigenvalue weighted by atomic mass is 10.1. The Morgan fingerprint density at radius 3 is 2.76 bits per heavy atom. The molecule has 0 saturated heterocycles. The van der Waals surface area contributed by atoms with Crippen molar-refractivity contribution in [1.82, 2.24) is 0 Å². The highest BCUT2D eigenvalue weighted by Gasteiger charge is 2.21. The van der Waals surface area contributed by atoms with Crippen LogP contribution in [-0.4, -0.2) is 5.75 Å². The number of fused-ring (bicyclic) bond motifs is 2. The van der Waals surface area contributed by atoms with E-state index >= 15 is 0 Å². The fourth-order valence-corrected chi connectivity index (χ4v) is 5.31. The molecule has 0 aliphatic carbocycles. The van der Waals surface area contributed by atoms with Crippen molar-refractivity contribution in [3.63, 3.8) is 0 Å². The van der Waals surface area contributed by atoms with Crippen LogP contribution in [0, 0.1) is 6.92 Å². The minimum Gasteiger partial charge on any atom is -0.376 e. The summed E-state index contributed by atoms with van der Waals surface area (Å²) in [5, 5.41) is 5.17. The van der Waals surface area contributed by atoms with Gasteiger partial charge in [0, 0.05) is 25.9 Å². The van der Waals surface area contributed by atoms with Crippen LogP contribution < -0.4 is 5.32 Å². The first-order valence-electron chi connectivity index (χ1n) is 7.29. The second-order valence-electron chi connectivity index (χ2n) is 5.42. The molecule has 1 aliphatic heterocycles. The molecule has 1 nitrogen and oxygen atoms in total. The number of hydrogen-bond acceptors (Lipinski definition) is 3. The third-order valence-corrected chi connectivity index (χ3v) is 6.57. The topological polar surface area (TPSA) is 12.0 Å². The molecule has 1 N–H and O–H groups in total. The highest BCUT2D eigenvalue weighted by atomic mass is 32.2. The molecule has 106 valence electrons. The van der Waals surface area contributed by atoms with Gasteiger partial charge in [-0.2, -0.15) is 0 Å². The van der Waals surface area contributed by atoms with Gasteiger partial charge in [0.05, 0.1) is 6.04 Å². The molecule has 0 fully saturated rings. The number of nitrogens with one attached hydrogen (secondary N) is 1. The van der Waals surface area contributed by atoms with Gasteiger partial charge in [-0.25, -0.2) is 0 Å². The Kier molecular flexibility index (Phi) is 3.40. The zero-order chi connectivity index (χ0) is 14.2. The van der Waals surface area contributed by atoms with Gasteiger partial charge in [-0.05, 0) is 42.5 Å². The van der Waals surface area contributed by atoms with E-state index in [4.69, 9.17) is 0 Å². The van der Waals surface area contributed by atoms with Gasteiger partial charge in [0.15, 0.2) is 0 Å². The summed E-state index contributed by atoms with van der Waals surface area (Å²) >= 11 is 3.91. The smallest absolute Gasteiger partial charge is 0.0618 e. The Morgan fingerprint density at radius 2 is 1.86 bits per heavy atom. The molecular formula is C18H17NS2. The summed E-state index contributed by atoms with van der Waals surface area (Å²) in [6, 6.07) is 17.8. The van der Waals surface area contributed by atoms with Gasteiger partial charge in [-0.3, -0.25) is 0 Å². The van der Waals surface area contributed by atoms with Crippen molar-refractivity contribution in [3.8, 4) is 0 Å². The van der Waals surface area contributed by atoms with E-state index in [1.54, 1.807) is 0 Å². The van der Waals surface area contributed by atoms with Crippen LogP contribution in [0.3, 0.4) is 0 Å². The van der Waals surface area contributed by atoms with Crippen LogP contribution in [0.15, 0.2) is 53.4 Å². The Balaban J connectivity index is 1.77. The fourth-order valence-electron chi connectivity index (χ4n) is 2.98. The van der Waals surface area contributed by atoms with E-state index in [1.165, 1.54) is 43.3 Å². The van der Waals surface area contributed by atoms with Crippen LogP contribution in [0.2, 0.25) is 0 Å². The lowest BCUT2D eigenvalue weighted by molar-refractivity contribution is 0.771. The van der Waals surface area contributed by atoms with E-state index in [1.807, 2.05) is 23.1 Å². The van der Waals surface area contributed by atoms with Crippen molar-refractivity contribution in [2.24, 2.45) is 0 Å². The van der Waals surface area contributed by atoms with E-state index in [0.29, 0.717) is 6.04 Å². The zero-order valence-corrected chi connectivity index (χ0v) is 13.6. The third-order valence-electron chi connectivity index (χ3n) is 4.08. The van der Waals surface area contributed by atoms with E-state index in [0.717, 1.165) is 0 Å². The largest absolute Gasteiger partial charge is 0.376 e. The summed E-state index contributed by atoms with van der Waals surface area (Å²) < 4.78 is 1.40. The number of hydrogen-bond donors (Lipinski definition) is 1. The maximum Gasteiger partial charge on any atom is 0.0618 e. The van der Waals surface area contributed by atoms with Gasteiger partial charge in [0.1, 0.15) is 0 Å². The number of benzene rings is 2. The molecule has 0 spiro atoms. The molecule has 0 amide bonds. The number of aryl methyl sites for hydroxylation is 1. The molecule has 1 atom stereocenters. The van der Waals surface area contributed by atoms with Gasteiger partial charge in [0.2, 0.25) is 0 Å². The number of thioether (sulfide) groups is 1. The zero-order valence-electron chi connectivity index (χ0n) is 11.9. The van der Waals surface area contributed by atoms with Crippen molar-refractivity contribution in [3.05, 3.63) is 59.0 Å². The molecule has 2 aromatic carbocycles. The molecular weight excluding hydrogens is 294 g/mol. The van der Waals surface area contributed by atoms with Crippen molar-refractivity contribution < 1.29 is 0 Å². The van der Waals surface area contributed by atoms with Crippen LogP contribution in [0.4, 0.5) is 5.69 Å². The fraction of sp³-hybridized carbons (Fsp3) is 0.222. The Labute approximate surface area is 133 Å². The van der Waals surface area contributed by atoms with Crippen LogP contribution in [0.1, 0.15) is 22.9 Å². The minimum atomic E-state index is 0.429. The Morgan fingerprint density at radius 1 is 1.05 bits per heavy atom. The van der Waals surface area contributed by atoms with E-state index in [2.05, 4.69) is 60.8 Å². The highest BCUT2D eigenvalue weighted by Crippen LogP contribution is 2.41. The second kappa shape index (κ2) is 5.39. The monoisotopic (exact) mass is 311 g/mol. The average Bonchev–Trinajstić information content (AvgIpc) is 2.71. The van der Waals surface area contributed by atoms with Gasteiger partial charge in [-0.1, -0.05) is 30.3 Å². The van der Waals surface area contributed by atoms with Crippen LogP contribution in [-0.2, 0) is 0 Å². The Bertz CT molecular complexity index is 791. The summed E-state index contributed by atoms with van der Waals surface area (Å²) in [7, 11) is 0. The highest BCUT2D eigenvalue weighted by molar-refractivity contribution is 7.99. The molecule has 3 heteroatoms. The molecule has 21 heavy (non-hydrogen) atoms. The predicted molar refractivity (Wildman–Crippen MR) is 94.7 cm³/mol. The predicted octanol–water partition coefficient (Wildman–Crippen LogP) is 5.86. The quantitative estimate of drug-likeness (QED) is 0.604. The first-order valence-corrected chi connectivity index (χ1v) is 9.09. The van der Waals surface area contributed by atoms with Gasteiger partial charge < -0.3 is 5.32 Å². The maximum atomic E-state index is 3.77. The van der Waals surface area contributed by atoms with E-state index < -0.39 is 0 Å². The minimum absolute atomic E-state index is 0.429. The lowest BCUT2D eigenvalue weighted by Crippen LogP contribution is -2.09. The number of anilines is 1. The SMILES string of the molecule is Cc1c([C@@H]2CCSc3ccccc3N2)sc2ccccc12. The molecule has 4 rings (SSSR count). The van der Waals surface area contributed by atoms with Crippen molar-refractivity contribution in [2.75, 3.05) is 11.1 Å². The number of thiophene rings is 1. The standard InChI is InChI=1S/C18H17NS2/c1-12-13-6-2-4-8-16(13)21-18(12)15-10-11-20-17-9-5-3-7-14(17)19-15/h2-9,15,19H,10-11H2,1H3/t15-/m0/s1. The van der Waals surface area contributed by atoms with Crippen molar-refractivity contribution in [1.29, 1.82) is 0 Å². The number of para-hydroxylation sites is 1. The van der Waals surface area contributed by atoms with Crippen molar-refractivity contribution >= 4 is 38.9 Å². The molecule has 0 radical (unpaired) electrons. The van der Waals surface area contributed by atoms with E-state index in [9.17, 15) is 0 Å². The summed E-state index contributed by atoms with van der Waals surface area (Å²) in [6.45, 7) is 2.26. The first kappa shape index (κ1) is 13.2. The molecule has 0 saturated carbocycles. The first-order chi connectivity index (χ1) is 10.3. The molecule has 0 bridgehead atoms. The van der Waals surface area contributed by atoms with Crippen LogP contribution in [0.25, 0.3) is 10.1 Å². The maximum absolute atomic E-state index is 3.77. The summed E-state index contributed by atoms with van der Waals surface area (Å²) in [5.74, 6) is 1.17. The summed E-state index contributed by atoms with van der Waals surface area (Å²) in [4.78, 5) is 2.87. The normalized spacial score (nSPS) is 18.0. The summed E-state index contributed by atoms with van der Waals surface area (Å²) in [5.41, 5.74) is 2.72. The molecule has 2 heterocycles. The van der Waals surface area contributed by atoms with Gasteiger partial charge >= 0.3 is 0 Å². The van der Waals surface area contributed by atoms with Crippen LogP contribution in [0.5, 0.6) is 0 Å².